The van der Waals surface area contributed by atoms with Gasteiger partial charge in [0.25, 0.3) is 11.8 Å². The molecule has 136 valence electrons. The van der Waals surface area contributed by atoms with Crippen LogP contribution in [-0.2, 0) is 0 Å². The van der Waals surface area contributed by atoms with E-state index in [9.17, 15) is 9.59 Å². The number of nitrogens with zero attached hydrogens (tertiary/aromatic N) is 2. The van der Waals surface area contributed by atoms with Crippen LogP contribution in [0.1, 0.15) is 85.6 Å². The average Bonchev–Trinajstić information content (AvgIpc) is 2.68. The number of carbonyl (C=O) groups is 2. The van der Waals surface area contributed by atoms with Gasteiger partial charge < -0.3 is 10.2 Å². The highest BCUT2D eigenvalue weighted by atomic mass is 16.2. The monoisotopic (exact) mass is 343 g/mol. The van der Waals surface area contributed by atoms with E-state index < -0.39 is 0 Å². The Morgan fingerprint density at radius 2 is 1.92 bits per heavy atom. The molecule has 0 bridgehead atoms. The van der Waals surface area contributed by atoms with Crippen molar-refractivity contribution in [2.24, 2.45) is 0 Å². The number of aromatic nitrogens is 1. The highest BCUT2D eigenvalue weighted by molar-refractivity contribution is 5.98. The van der Waals surface area contributed by atoms with Gasteiger partial charge in [-0.1, -0.05) is 26.2 Å². The summed E-state index contributed by atoms with van der Waals surface area (Å²) in [6.45, 7) is 2.94. The Kier molecular flexibility index (Phi) is 6.05. The lowest BCUT2D eigenvalue weighted by molar-refractivity contribution is 0.0608. The maximum absolute atomic E-state index is 12.9. The molecule has 2 amide bonds. The quantitative estimate of drug-likeness (QED) is 0.909. The molecule has 2 heterocycles. The van der Waals surface area contributed by atoms with E-state index in [0.29, 0.717) is 17.3 Å². The first-order valence-electron chi connectivity index (χ1n) is 9.77. The normalized spacial score (nSPS) is 21.8. The summed E-state index contributed by atoms with van der Waals surface area (Å²) in [5, 5.41) is 3.07. The second-order valence-electron chi connectivity index (χ2n) is 7.29. The molecule has 1 saturated carbocycles. The van der Waals surface area contributed by atoms with Gasteiger partial charge >= 0.3 is 0 Å². The molecule has 1 N–H and O–H groups in total. The van der Waals surface area contributed by atoms with Gasteiger partial charge in [0.2, 0.25) is 0 Å². The maximum Gasteiger partial charge on any atom is 0.270 e. The van der Waals surface area contributed by atoms with E-state index in [2.05, 4.69) is 17.2 Å². The van der Waals surface area contributed by atoms with Crippen molar-refractivity contribution in [1.82, 2.24) is 15.2 Å². The van der Waals surface area contributed by atoms with Gasteiger partial charge in [-0.25, -0.2) is 0 Å². The average molecular weight is 343 g/mol. The molecule has 2 fully saturated rings. The van der Waals surface area contributed by atoms with Crippen LogP contribution in [0.4, 0.5) is 0 Å². The molecule has 1 aromatic rings. The van der Waals surface area contributed by atoms with Crippen molar-refractivity contribution >= 4 is 11.8 Å². The lowest BCUT2D eigenvalue weighted by Gasteiger charge is -2.35. The van der Waals surface area contributed by atoms with E-state index >= 15 is 0 Å². The second-order valence-corrected chi connectivity index (χ2v) is 7.29. The Morgan fingerprint density at radius 1 is 1.16 bits per heavy atom. The van der Waals surface area contributed by atoms with Crippen molar-refractivity contribution < 1.29 is 9.59 Å². The summed E-state index contributed by atoms with van der Waals surface area (Å²) in [6, 6.07) is 3.94. The minimum atomic E-state index is -0.160. The fourth-order valence-electron chi connectivity index (χ4n) is 4.05. The van der Waals surface area contributed by atoms with E-state index in [1.165, 1.54) is 25.7 Å². The summed E-state index contributed by atoms with van der Waals surface area (Å²) >= 11 is 0. The molecule has 1 atom stereocenters. The second kappa shape index (κ2) is 8.45. The number of piperidine rings is 1. The zero-order valence-corrected chi connectivity index (χ0v) is 15.2. The lowest BCUT2D eigenvalue weighted by Crippen LogP contribution is -2.43. The van der Waals surface area contributed by atoms with Gasteiger partial charge in [-0.05, 0) is 50.7 Å². The summed E-state index contributed by atoms with van der Waals surface area (Å²) in [4.78, 5) is 31.5. The fraction of sp³-hybridized carbons (Fsp3) is 0.650. The zero-order valence-electron chi connectivity index (χ0n) is 15.2. The van der Waals surface area contributed by atoms with Gasteiger partial charge in [-0.15, -0.1) is 0 Å². The van der Waals surface area contributed by atoms with Crippen LogP contribution < -0.4 is 5.32 Å². The minimum absolute atomic E-state index is 0.0284. The molecular weight excluding hydrogens is 314 g/mol. The van der Waals surface area contributed by atoms with Crippen molar-refractivity contribution in [3.05, 3.63) is 29.6 Å². The number of carbonyl (C=O) groups excluding carboxylic acids is 2. The van der Waals surface area contributed by atoms with Gasteiger partial charge in [-0.3, -0.25) is 14.6 Å². The minimum Gasteiger partial charge on any atom is -0.348 e. The van der Waals surface area contributed by atoms with Crippen LogP contribution in [-0.4, -0.2) is 40.3 Å². The Balaban J connectivity index is 1.69. The van der Waals surface area contributed by atoms with Gasteiger partial charge in [0.05, 0.1) is 0 Å². The lowest BCUT2D eigenvalue weighted by atomic mass is 9.95. The molecule has 1 aliphatic heterocycles. The van der Waals surface area contributed by atoms with E-state index in [1.807, 2.05) is 4.90 Å². The van der Waals surface area contributed by atoms with Crippen molar-refractivity contribution in [2.45, 2.75) is 76.8 Å². The summed E-state index contributed by atoms with van der Waals surface area (Å²) in [7, 11) is 0. The Labute approximate surface area is 150 Å². The molecule has 1 unspecified atom stereocenters. The molecular formula is C20H29N3O2. The van der Waals surface area contributed by atoms with E-state index in [-0.39, 0.29) is 17.9 Å². The zero-order chi connectivity index (χ0) is 17.6. The number of rotatable bonds is 4. The Morgan fingerprint density at radius 3 is 2.68 bits per heavy atom. The highest BCUT2D eigenvalue weighted by Crippen LogP contribution is 2.22. The molecule has 0 radical (unpaired) electrons. The molecule has 2 aliphatic rings. The van der Waals surface area contributed by atoms with Crippen molar-refractivity contribution in [2.75, 3.05) is 6.54 Å². The van der Waals surface area contributed by atoms with Crippen LogP contribution in [0.3, 0.4) is 0 Å². The van der Waals surface area contributed by atoms with Gasteiger partial charge in [0.1, 0.15) is 5.69 Å². The predicted molar refractivity (Wildman–Crippen MR) is 97.5 cm³/mol. The number of likely N-dealkylation sites (tertiary alicyclic amines) is 1. The number of hydrogen-bond acceptors (Lipinski definition) is 3. The van der Waals surface area contributed by atoms with Crippen LogP contribution in [0, 0.1) is 0 Å². The molecule has 1 saturated heterocycles. The molecule has 1 aliphatic carbocycles. The van der Waals surface area contributed by atoms with Gasteiger partial charge in [0.15, 0.2) is 0 Å². The topological polar surface area (TPSA) is 62.3 Å². The number of hydrogen-bond donors (Lipinski definition) is 1. The standard InChI is InChI=1S/C20H29N3O2/c1-2-17-10-6-7-13-23(17)20(25)15-11-12-21-18(14-15)19(24)22-16-8-4-3-5-9-16/h11-12,14,16-17H,2-10,13H2,1H3,(H,22,24). The number of amides is 2. The van der Waals surface area contributed by atoms with Crippen LogP contribution in [0.2, 0.25) is 0 Å². The Bertz CT molecular complexity index is 611. The highest BCUT2D eigenvalue weighted by Gasteiger charge is 2.27. The summed E-state index contributed by atoms with van der Waals surface area (Å²) in [5.74, 6) is -0.132. The van der Waals surface area contributed by atoms with Crippen LogP contribution in [0.5, 0.6) is 0 Å². The summed E-state index contributed by atoms with van der Waals surface area (Å²) in [5.41, 5.74) is 0.922. The summed E-state index contributed by atoms with van der Waals surface area (Å²) < 4.78 is 0. The third kappa shape index (κ3) is 4.39. The third-order valence-electron chi connectivity index (χ3n) is 5.54. The molecule has 3 rings (SSSR count). The van der Waals surface area contributed by atoms with E-state index in [4.69, 9.17) is 0 Å². The molecule has 0 aromatic carbocycles. The van der Waals surface area contributed by atoms with Crippen molar-refractivity contribution in [3.63, 3.8) is 0 Å². The first-order chi connectivity index (χ1) is 12.2. The van der Waals surface area contributed by atoms with Crippen LogP contribution in [0.15, 0.2) is 18.3 Å². The van der Waals surface area contributed by atoms with Crippen LogP contribution >= 0.6 is 0 Å². The molecule has 5 nitrogen and oxygen atoms in total. The first kappa shape index (κ1) is 17.9. The Hall–Kier alpha value is -1.91. The fourth-order valence-corrected chi connectivity index (χ4v) is 4.05. The number of pyridine rings is 1. The van der Waals surface area contributed by atoms with Crippen molar-refractivity contribution in [3.8, 4) is 0 Å². The predicted octanol–water partition coefficient (Wildman–Crippen LogP) is 3.55. The SMILES string of the molecule is CCC1CCCCN1C(=O)c1ccnc(C(=O)NC2CCCCC2)c1. The summed E-state index contributed by atoms with van der Waals surface area (Å²) in [6.07, 6.45) is 11.5. The molecule has 25 heavy (non-hydrogen) atoms. The van der Waals surface area contributed by atoms with Crippen LogP contribution in [0.25, 0.3) is 0 Å². The van der Waals surface area contributed by atoms with Gasteiger partial charge in [0, 0.05) is 30.4 Å². The molecule has 5 heteroatoms. The molecule has 1 aromatic heterocycles. The smallest absolute Gasteiger partial charge is 0.270 e. The van der Waals surface area contributed by atoms with Crippen molar-refractivity contribution in [1.29, 1.82) is 0 Å². The van der Waals surface area contributed by atoms with E-state index in [1.54, 1.807) is 18.3 Å². The van der Waals surface area contributed by atoms with Gasteiger partial charge in [-0.2, -0.15) is 0 Å². The largest absolute Gasteiger partial charge is 0.348 e. The molecule has 0 spiro atoms. The first-order valence-corrected chi connectivity index (χ1v) is 9.77. The van der Waals surface area contributed by atoms with E-state index in [0.717, 1.165) is 38.6 Å². The maximum atomic E-state index is 12.9. The number of nitrogens with one attached hydrogen (secondary N) is 1. The third-order valence-corrected chi connectivity index (χ3v) is 5.54.